The Labute approximate surface area is 388 Å². The summed E-state index contributed by atoms with van der Waals surface area (Å²) in [5.74, 6) is 0. The van der Waals surface area contributed by atoms with E-state index in [-0.39, 0.29) is 0 Å². The molecule has 0 saturated carbocycles. The predicted molar refractivity (Wildman–Crippen MR) is 282 cm³/mol. The van der Waals surface area contributed by atoms with E-state index in [1.165, 1.54) is 44.5 Å². The summed E-state index contributed by atoms with van der Waals surface area (Å²) in [6.07, 6.45) is 8.90. The minimum absolute atomic E-state index is 1.12. The largest absolute Gasteiger partial charge is 0.311 e. The highest BCUT2D eigenvalue weighted by atomic mass is 15.1. The van der Waals surface area contributed by atoms with Crippen LogP contribution in [-0.2, 0) is 0 Å². The van der Waals surface area contributed by atoms with E-state index in [2.05, 4.69) is 289 Å². The van der Waals surface area contributed by atoms with Crippen molar-refractivity contribution in [2.24, 2.45) is 0 Å². The van der Waals surface area contributed by atoms with Gasteiger partial charge in [0, 0.05) is 34.1 Å². The maximum atomic E-state index is 2.36. The van der Waals surface area contributed by atoms with Crippen LogP contribution in [0.5, 0.6) is 0 Å². The van der Waals surface area contributed by atoms with Crippen LogP contribution in [0, 0.1) is 0 Å². The molecule has 312 valence electrons. The lowest BCUT2D eigenvalue weighted by Gasteiger charge is -2.25. The molecule has 0 aliphatic heterocycles. The number of fused-ring (bicyclic) bond motifs is 8. The van der Waals surface area contributed by atoms with Crippen molar-refractivity contribution in [3.63, 3.8) is 0 Å². The SMILES string of the molecule is C(=C\c1ccc2c(c1)-c1ccccc1-c1ccc(/C=C/c3ccc(N(c4ccccc4)c4ccccc4)cc3)cc1-c1ccccc1-2)/c1ccc(N(c2ccccc2)c2ccccc2)cc1. The van der Waals surface area contributed by atoms with E-state index in [0.29, 0.717) is 0 Å². The third kappa shape index (κ3) is 8.16. The van der Waals surface area contributed by atoms with Gasteiger partial charge in [0.15, 0.2) is 0 Å². The molecule has 0 spiro atoms. The van der Waals surface area contributed by atoms with Crippen molar-refractivity contribution in [1.29, 1.82) is 0 Å². The van der Waals surface area contributed by atoms with E-state index in [1.54, 1.807) is 0 Å². The monoisotopic (exact) mass is 842 g/mol. The van der Waals surface area contributed by atoms with Crippen LogP contribution in [0.25, 0.3) is 68.8 Å². The fourth-order valence-corrected chi connectivity index (χ4v) is 9.21. The molecule has 0 saturated heterocycles. The van der Waals surface area contributed by atoms with Crippen molar-refractivity contribution in [2.45, 2.75) is 0 Å². The van der Waals surface area contributed by atoms with Gasteiger partial charge in [-0.25, -0.2) is 0 Å². The van der Waals surface area contributed by atoms with E-state index in [9.17, 15) is 0 Å². The van der Waals surface area contributed by atoms with Gasteiger partial charge in [0.2, 0.25) is 0 Å². The normalized spacial score (nSPS) is 11.5. The van der Waals surface area contributed by atoms with E-state index < -0.39 is 0 Å². The van der Waals surface area contributed by atoms with Crippen molar-refractivity contribution in [3.05, 3.63) is 277 Å². The number of rotatable bonds is 10. The lowest BCUT2D eigenvalue weighted by atomic mass is 9.80. The van der Waals surface area contributed by atoms with Crippen molar-refractivity contribution >= 4 is 58.4 Å². The summed E-state index contributed by atoms with van der Waals surface area (Å²) in [7, 11) is 0. The molecule has 66 heavy (non-hydrogen) atoms. The molecular weight excluding hydrogens is 797 g/mol. The van der Waals surface area contributed by atoms with Gasteiger partial charge >= 0.3 is 0 Å². The van der Waals surface area contributed by atoms with Gasteiger partial charge < -0.3 is 9.80 Å². The molecule has 0 unspecified atom stereocenters. The summed E-state index contributed by atoms with van der Waals surface area (Å²) in [4.78, 5) is 4.58. The first-order chi connectivity index (χ1) is 32.7. The highest BCUT2D eigenvalue weighted by Crippen LogP contribution is 2.48. The Hall–Kier alpha value is -8.72. The second kappa shape index (κ2) is 18.2. The average Bonchev–Trinajstić information content (AvgIpc) is 3.39. The topological polar surface area (TPSA) is 6.48 Å². The second-order valence-corrected chi connectivity index (χ2v) is 16.6. The average molecular weight is 843 g/mol. The standard InChI is InChI=1S/C64H46N2/c1-5-17-51(18-6-1)65(52-19-7-2-8-20-52)55-39-33-47(34-40-55)29-31-49-37-43-61-58-26-14-16-28-60(58)64-46-50(38-44-62(64)57-25-13-15-27-59(57)63(61)45-49)32-30-48-35-41-56(42-36-48)66(53-21-9-3-10-22-53)54-23-11-4-12-24-54/h1-46H/b31-29+,32-30+,61-58?,62-57?,63-59?,64-60?. The van der Waals surface area contributed by atoms with Crippen molar-refractivity contribution in [1.82, 2.24) is 0 Å². The Balaban J connectivity index is 0.892. The molecule has 2 heteroatoms. The minimum atomic E-state index is 1.12. The molecule has 10 aromatic carbocycles. The number of para-hydroxylation sites is 4. The molecular formula is C64H46N2. The molecule has 0 fully saturated rings. The van der Waals surface area contributed by atoms with Crippen molar-refractivity contribution in [3.8, 4) is 44.5 Å². The molecule has 1 aliphatic rings. The zero-order valence-corrected chi connectivity index (χ0v) is 36.5. The molecule has 0 aromatic heterocycles. The predicted octanol–water partition coefficient (Wildman–Crippen LogP) is 17.9. The molecule has 11 rings (SSSR count). The van der Waals surface area contributed by atoms with E-state index in [4.69, 9.17) is 0 Å². The van der Waals surface area contributed by atoms with Crippen LogP contribution in [0.3, 0.4) is 0 Å². The summed E-state index contributed by atoms with van der Waals surface area (Å²) in [5.41, 5.74) is 21.2. The number of hydrogen-bond donors (Lipinski definition) is 0. The molecule has 10 aromatic rings. The molecule has 0 heterocycles. The summed E-state index contributed by atoms with van der Waals surface area (Å²) >= 11 is 0. The molecule has 0 amide bonds. The van der Waals surface area contributed by atoms with Gasteiger partial charge in [0.05, 0.1) is 0 Å². The third-order valence-electron chi connectivity index (χ3n) is 12.4. The van der Waals surface area contributed by atoms with Crippen molar-refractivity contribution in [2.75, 3.05) is 9.80 Å². The summed E-state index contributed by atoms with van der Waals surface area (Å²) in [6, 6.07) is 91.3. The minimum Gasteiger partial charge on any atom is -0.311 e. The van der Waals surface area contributed by atoms with Gasteiger partial charge in [-0.2, -0.15) is 0 Å². The molecule has 1 aliphatic carbocycles. The van der Waals surface area contributed by atoms with Gasteiger partial charge in [0.25, 0.3) is 0 Å². The number of anilines is 6. The molecule has 0 N–H and O–H groups in total. The van der Waals surface area contributed by atoms with Crippen LogP contribution in [0.2, 0.25) is 0 Å². The number of nitrogens with zero attached hydrogens (tertiary/aromatic N) is 2. The number of hydrogen-bond acceptors (Lipinski definition) is 2. The van der Waals surface area contributed by atoms with Crippen LogP contribution in [0.15, 0.2) is 255 Å². The highest BCUT2D eigenvalue weighted by molar-refractivity contribution is 6.04. The zero-order chi connectivity index (χ0) is 44.1. The highest BCUT2D eigenvalue weighted by Gasteiger charge is 2.22. The van der Waals surface area contributed by atoms with E-state index in [0.717, 1.165) is 56.4 Å². The molecule has 0 bridgehead atoms. The summed E-state index contributed by atoms with van der Waals surface area (Å²) in [6.45, 7) is 0. The Morgan fingerprint density at radius 2 is 0.409 bits per heavy atom. The van der Waals surface area contributed by atoms with Crippen LogP contribution in [0.1, 0.15) is 22.3 Å². The lowest BCUT2D eigenvalue weighted by molar-refractivity contribution is 1.28. The third-order valence-corrected chi connectivity index (χ3v) is 12.4. The summed E-state index contributed by atoms with van der Waals surface area (Å²) in [5, 5.41) is 0. The van der Waals surface area contributed by atoms with Gasteiger partial charge in [-0.1, -0.05) is 194 Å². The molecule has 0 atom stereocenters. The molecule has 0 radical (unpaired) electrons. The lowest BCUT2D eigenvalue weighted by Crippen LogP contribution is -2.09. The first-order valence-electron chi connectivity index (χ1n) is 22.6. The second-order valence-electron chi connectivity index (χ2n) is 16.6. The maximum Gasteiger partial charge on any atom is 0.0462 e. The fraction of sp³-hybridized carbons (Fsp3) is 0. The van der Waals surface area contributed by atoms with Crippen LogP contribution in [-0.4, -0.2) is 0 Å². The van der Waals surface area contributed by atoms with Crippen molar-refractivity contribution < 1.29 is 0 Å². The van der Waals surface area contributed by atoms with E-state index in [1.807, 2.05) is 0 Å². The van der Waals surface area contributed by atoms with Gasteiger partial charge in [0.1, 0.15) is 0 Å². The Bertz CT molecular complexity index is 3010. The van der Waals surface area contributed by atoms with Crippen LogP contribution < -0.4 is 9.80 Å². The van der Waals surface area contributed by atoms with Gasteiger partial charge in [-0.15, -0.1) is 0 Å². The Morgan fingerprint density at radius 1 is 0.182 bits per heavy atom. The van der Waals surface area contributed by atoms with Crippen LogP contribution in [0.4, 0.5) is 34.1 Å². The quantitative estimate of drug-likeness (QED) is 0.127. The smallest absolute Gasteiger partial charge is 0.0462 e. The fourth-order valence-electron chi connectivity index (χ4n) is 9.21. The van der Waals surface area contributed by atoms with Gasteiger partial charge in [-0.05, 0) is 152 Å². The zero-order valence-electron chi connectivity index (χ0n) is 36.5. The molecule has 2 nitrogen and oxygen atoms in total. The van der Waals surface area contributed by atoms with E-state index >= 15 is 0 Å². The van der Waals surface area contributed by atoms with Crippen LogP contribution >= 0.6 is 0 Å². The number of benzene rings is 10. The Morgan fingerprint density at radius 3 is 0.727 bits per heavy atom. The first-order valence-corrected chi connectivity index (χ1v) is 22.6. The van der Waals surface area contributed by atoms with Gasteiger partial charge in [-0.3, -0.25) is 0 Å². The Kier molecular flexibility index (Phi) is 11.0. The maximum absolute atomic E-state index is 2.36. The first kappa shape index (κ1) is 40.1. The summed E-state index contributed by atoms with van der Waals surface area (Å²) < 4.78 is 0.